The third-order valence-electron chi connectivity index (χ3n) is 4.17. The Morgan fingerprint density at radius 2 is 2.08 bits per heavy atom. The van der Waals surface area contributed by atoms with Gasteiger partial charge in [-0.2, -0.15) is 8.42 Å². The number of carbonyl (C=O) groups is 2. The predicted octanol–water partition coefficient (Wildman–Crippen LogP) is 0.189. The number of nitrogens with zero attached hydrogens (tertiary/aromatic N) is 2. The number of sulfonamides is 1. The lowest BCUT2D eigenvalue weighted by atomic mass is 10.1. The number of rotatable bonds is 3. The van der Waals surface area contributed by atoms with Gasteiger partial charge in [0.1, 0.15) is 17.0 Å². The first-order valence-electron chi connectivity index (χ1n) is 7.55. The largest absolute Gasteiger partial charge is 0.480 e. The zero-order valence-electron chi connectivity index (χ0n) is 13.0. The highest BCUT2D eigenvalue weighted by molar-refractivity contribution is 7.90. The molecule has 2 heterocycles. The molecule has 0 aliphatic carbocycles. The van der Waals surface area contributed by atoms with Crippen LogP contribution >= 0.6 is 0 Å². The second kappa shape index (κ2) is 5.90. The first kappa shape index (κ1) is 16.4. The van der Waals surface area contributed by atoms with Crippen molar-refractivity contribution in [3.63, 3.8) is 0 Å². The van der Waals surface area contributed by atoms with Gasteiger partial charge in [-0.05, 0) is 31.9 Å². The number of carbonyl (C=O) groups excluding carboxylic acids is 1. The second-order valence-electron chi connectivity index (χ2n) is 5.81. The number of nitrogens with one attached hydrogen (secondary N) is 1. The molecule has 2 aliphatic heterocycles. The number of amidine groups is 1. The minimum atomic E-state index is -3.76. The normalized spacial score (nSPS) is 22.6. The van der Waals surface area contributed by atoms with Crippen LogP contribution in [0.5, 0.6) is 0 Å². The topological polar surface area (TPSA) is 116 Å². The summed E-state index contributed by atoms with van der Waals surface area (Å²) < 4.78 is 28.2. The van der Waals surface area contributed by atoms with Crippen LogP contribution in [0.1, 0.15) is 25.3 Å². The summed E-state index contributed by atoms with van der Waals surface area (Å²) in [7, 11) is -3.76. The van der Waals surface area contributed by atoms with Gasteiger partial charge in [0.2, 0.25) is 5.91 Å². The fourth-order valence-electron chi connectivity index (χ4n) is 2.96. The van der Waals surface area contributed by atoms with Gasteiger partial charge in [0.25, 0.3) is 10.0 Å². The van der Waals surface area contributed by atoms with Crippen molar-refractivity contribution in [2.75, 3.05) is 6.54 Å². The van der Waals surface area contributed by atoms with Crippen LogP contribution in [0.25, 0.3) is 0 Å². The number of amides is 1. The Balaban J connectivity index is 1.90. The fraction of sp³-hybridized carbons (Fsp3) is 0.400. The van der Waals surface area contributed by atoms with E-state index in [1.165, 1.54) is 13.0 Å². The zero-order valence-corrected chi connectivity index (χ0v) is 13.8. The average Bonchev–Trinajstić information content (AvgIpc) is 3.10. The van der Waals surface area contributed by atoms with Crippen molar-refractivity contribution in [2.24, 2.45) is 4.40 Å². The third-order valence-corrected chi connectivity index (χ3v) is 5.49. The lowest BCUT2D eigenvalue weighted by Crippen LogP contribution is -2.50. The maximum Gasteiger partial charge on any atom is 0.325 e. The molecule has 8 nitrogen and oxygen atoms in total. The maximum atomic E-state index is 12.4. The summed E-state index contributed by atoms with van der Waals surface area (Å²) in [5.74, 6) is -1.31. The standard InChI is InChI=1S/C15H17N3O5S/c1-9(15(20)21)16-14(19)11-6-4-8-18(11)13-10-5-2-3-7-12(10)24(22,23)17-13/h2-3,5,7,9,11H,4,6,8H2,1H3,(H,16,19)(H,20,21)/t9-,11-/m0/s1. The summed E-state index contributed by atoms with van der Waals surface area (Å²) >= 11 is 0. The molecule has 0 radical (unpaired) electrons. The van der Waals surface area contributed by atoms with Crippen LogP contribution in [0, 0.1) is 0 Å². The van der Waals surface area contributed by atoms with Crippen LogP contribution in [0.2, 0.25) is 0 Å². The van der Waals surface area contributed by atoms with Crippen LogP contribution in [0.4, 0.5) is 0 Å². The van der Waals surface area contributed by atoms with Crippen molar-refractivity contribution in [1.82, 2.24) is 10.2 Å². The highest BCUT2D eigenvalue weighted by Gasteiger charge is 2.39. The summed E-state index contributed by atoms with van der Waals surface area (Å²) in [5.41, 5.74) is 0.475. The number of hydrogen-bond acceptors (Lipinski definition) is 5. The van der Waals surface area contributed by atoms with Crippen molar-refractivity contribution in [2.45, 2.75) is 36.7 Å². The van der Waals surface area contributed by atoms with E-state index in [1.807, 2.05) is 0 Å². The first-order valence-corrected chi connectivity index (χ1v) is 8.99. The van der Waals surface area contributed by atoms with E-state index in [1.54, 1.807) is 23.1 Å². The van der Waals surface area contributed by atoms with Crippen LogP contribution in [-0.2, 0) is 19.6 Å². The molecule has 2 atom stereocenters. The van der Waals surface area contributed by atoms with E-state index in [0.29, 0.717) is 24.9 Å². The number of fused-ring (bicyclic) bond motifs is 1. The molecular formula is C15H17N3O5S. The average molecular weight is 351 g/mol. The van der Waals surface area contributed by atoms with Crippen molar-refractivity contribution in [3.05, 3.63) is 29.8 Å². The Labute approximate surface area is 139 Å². The lowest BCUT2D eigenvalue weighted by molar-refractivity contribution is -0.141. The van der Waals surface area contributed by atoms with E-state index >= 15 is 0 Å². The molecular weight excluding hydrogens is 334 g/mol. The minimum Gasteiger partial charge on any atom is -0.480 e. The molecule has 0 unspecified atom stereocenters. The van der Waals surface area contributed by atoms with E-state index in [0.717, 1.165) is 0 Å². The third kappa shape index (κ3) is 2.75. The van der Waals surface area contributed by atoms with E-state index < -0.39 is 34.0 Å². The molecule has 128 valence electrons. The van der Waals surface area contributed by atoms with Gasteiger partial charge in [-0.1, -0.05) is 12.1 Å². The Bertz CT molecular complexity index is 833. The van der Waals surface area contributed by atoms with Crippen LogP contribution in [-0.4, -0.2) is 54.8 Å². The molecule has 1 aromatic carbocycles. The van der Waals surface area contributed by atoms with Gasteiger partial charge >= 0.3 is 5.97 Å². The highest BCUT2D eigenvalue weighted by Crippen LogP contribution is 2.31. The number of aliphatic carboxylic acids is 1. The quantitative estimate of drug-likeness (QED) is 0.803. The van der Waals surface area contributed by atoms with Crippen LogP contribution < -0.4 is 5.32 Å². The molecule has 0 bridgehead atoms. The number of carboxylic acid groups (broad SMARTS) is 1. The highest BCUT2D eigenvalue weighted by atomic mass is 32.2. The smallest absolute Gasteiger partial charge is 0.325 e. The molecule has 2 N–H and O–H groups in total. The molecule has 1 fully saturated rings. The van der Waals surface area contributed by atoms with Crippen LogP contribution in [0.15, 0.2) is 33.6 Å². The monoisotopic (exact) mass is 351 g/mol. The van der Waals surface area contributed by atoms with Gasteiger partial charge in [0.05, 0.1) is 0 Å². The van der Waals surface area contributed by atoms with E-state index in [-0.39, 0.29) is 10.7 Å². The summed E-state index contributed by atoms with van der Waals surface area (Å²) in [6, 6.07) is 4.84. The summed E-state index contributed by atoms with van der Waals surface area (Å²) in [6.07, 6.45) is 1.21. The number of carboxylic acids is 1. The Kier molecular flexibility index (Phi) is 4.04. The fourth-order valence-corrected chi connectivity index (χ4v) is 4.18. The van der Waals surface area contributed by atoms with Crippen molar-refractivity contribution >= 4 is 27.7 Å². The molecule has 2 aliphatic rings. The van der Waals surface area contributed by atoms with Gasteiger partial charge < -0.3 is 15.3 Å². The Hall–Kier alpha value is -2.42. The second-order valence-corrected chi connectivity index (χ2v) is 7.38. The van der Waals surface area contributed by atoms with Crippen molar-refractivity contribution in [3.8, 4) is 0 Å². The Morgan fingerprint density at radius 1 is 1.38 bits per heavy atom. The van der Waals surface area contributed by atoms with Crippen molar-refractivity contribution in [1.29, 1.82) is 0 Å². The Morgan fingerprint density at radius 3 is 2.79 bits per heavy atom. The molecule has 1 aromatic rings. The first-order chi connectivity index (χ1) is 11.3. The summed E-state index contributed by atoms with van der Waals surface area (Å²) in [5, 5.41) is 11.4. The zero-order chi connectivity index (χ0) is 17.5. The number of likely N-dealkylation sites (tertiary alicyclic amines) is 1. The maximum absolute atomic E-state index is 12.4. The molecule has 0 saturated carbocycles. The summed E-state index contributed by atoms with van der Waals surface area (Å²) in [4.78, 5) is 25.1. The van der Waals surface area contributed by atoms with Gasteiger partial charge in [-0.15, -0.1) is 4.40 Å². The minimum absolute atomic E-state index is 0.130. The number of hydrogen-bond donors (Lipinski definition) is 2. The molecule has 1 saturated heterocycles. The van der Waals surface area contributed by atoms with Gasteiger partial charge in [0.15, 0.2) is 5.84 Å². The lowest BCUT2D eigenvalue weighted by Gasteiger charge is -2.26. The SMILES string of the molecule is C[C@H](NC(=O)[C@@H]1CCCN1C1=NS(=O)(=O)c2ccccc21)C(=O)O. The van der Waals surface area contributed by atoms with Gasteiger partial charge in [-0.25, -0.2) is 0 Å². The molecule has 24 heavy (non-hydrogen) atoms. The van der Waals surface area contributed by atoms with Crippen LogP contribution in [0.3, 0.4) is 0 Å². The van der Waals surface area contributed by atoms with Gasteiger partial charge in [0, 0.05) is 12.1 Å². The molecule has 1 amide bonds. The van der Waals surface area contributed by atoms with E-state index in [2.05, 4.69) is 9.71 Å². The number of benzene rings is 1. The van der Waals surface area contributed by atoms with E-state index in [9.17, 15) is 18.0 Å². The van der Waals surface area contributed by atoms with E-state index in [4.69, 9.17) is 5.11 Å². The van der Waals surface area contributed by atoms with Gasteiger partial charge in [-0.3, -0.25) is 9.59 Å². The summed E-state index contributed by atoms with van der Waals surface area (Å²) in [6.45, 7) is 1.87. The molecule has 9 heteroatoms. The van der Waals surface area contributed by atoms with Crippen molar-refractivity contribution < 1.29 is 23.1 Å². The molecule has 0 spiro atoms. The predicted molar refractivity (Wildman–Crippen MR) is 85.1 cm³/mol. The molecule has 0 aromatic heterocycles. The molecule has 3 rings (SSSR count).